The molecular weight excluding hydrogens is 717 g/mol. The third-order valence-corrected chi connectivity index (χ3v) is 10.9. The van der Waals surface area contributed by atoms with Crippen LogP contribution >= 0.6 is 11.3 Å². The van der Waals surface area contributed by atoms with Gasteiger partial charge in [-0.05, 0) is 96.6 Å². The molecule has 2 bridgehead atoms. The highest BCUT2D eigenvalue weighted by molar-refractivity contribution is 7.14. The summed E-state index contributed by atoms with van der Waals surface area (Å²) >= 11 is 1.06. The van der Waals surface area contributed by atoms with Crippen LogP contribution in [0.25, 0.3) is 0 Å². The van der Waals surface area contributed by atoms with E-state index in [1.54, 1.807) is 59.1 Å². The topological polar surface area (TPSA) is 185 Å². The number of thiazole rings is 1. The van der Waals surface area contributed by atoms with Gasteiger partial charge in [0.15, 0.2) is 10.8 Å². The zero-order chi connectivity index (χ0) is 39.8. The number of amides is 3. The van der Waals surface area contributed by atoms with E-state index in [4.69, 9.17) is 28.4 Å². The predicted octanol–water partition coefficient (Wildman–Crippen LogP) is 4.92. The molecule has 1 aromatic carbocycles. The Labute approximate surface area is 320 Å². The largest absolute Gasteiger partial charge is 0.496 e. The van der Waals surface area contributed by atoms with Crippen molar-refractivity contribution in [2.24, 2.45) is 22.4 Å². The summed E-state index contributed by atoms with van der Waals surface area (Å²) in [6.45, 7) is 16.8. The van der Waals surface area contributed by atoms with Gasteiger partial charge in [-0.15, -0.1) is 11.3 Å². The molecule has 6 rings (SSSR count). The number of rotatable bonds is 12. The Bertz CT molecular complexity index is 1790. The fourth-order valence-corrected chi connectivity index (χ4v) is 8.32. The second-order valence-corrected chi connectivity index (χ2v) is 17.5. The molecule has 2 heterocycles. The molecule has 0 radical (unpaired) electrons. The van der Waals surface area contributed by atoms with Gasteiger partial charge in [0.05, 0.1) is 24.8 Å². The van der Waals surface area contributed by atoms with Gasteiger partial charge in [-0.2, -0.15) is 0 Å². The molecule has 1 aromatic heterocycles. The maximum atomic E-state index is 14.1. The van der Waals surface area contributed by atoms with E-state index in [1.807, 2.05) is 6.07 Å². The second-order valence-electron chi connectivity index (χ2n) is 16.7. The van der Waals surface area contributed by atoms with Crippen molar-refractivity contribution in [2.45, 2.75) is 110 Å². The smallest absolute Gasteiger partial charge is 0.482 e. The first-order chi connectivity index (χ1) is 25.1. The molecular formula is C37H52BN5O10S. The van der Waals surface area contributed by atoms with Gasteiger partial charge in [0.1, 0.15) is 41.9 Å². The zero-order valence-electron chi connectivity index (χ0n) is 32.9. The standard InChI is InChI=1S/C37H52BN5O10S/c1-34(2,3)50-31(46)22-14-12-13-20(29(22)48-10)15-26(38-52-25-17-21-16-24(36(21,7)8)37(25,9)53-38)41-30(45)28(43-49-11)23-19-54-32(40-23)42-27(44)18-39-33(47)51-35(4,5)6/h12-14,19,21,24-26H,15-18H2,1-11H3,(H,39,47)(H,41,45)(H,40,42,44)/b43-28+. The number of ether oxygens (including phenoxy) is 3. The molecule has 3 aliphatic carbocycles. The fourth-order valence-electron chi connectivity index (χ4n) is 7.61. The van der Waals surface area contributed by atoms with Crippen LogP contribution in [0, 0.1) is 17.3 Å². The van der Waals surface area contributed by atoms with Gasteiger partial charge in [0.25, 0.3) is 5.91 Å². The fraction of sp³-hybridized carbons (Fsp3) is 0.622. The molecule has 4 fully saturated rings. The van der Waals surface area contributed by atoms with Gasteiger partial charge < -0.3 is 44.3 Å². The predicted molar refractivity (Wildman–Crippen MR) is 202 cm³/mol. The molecule has 15 nitrogen and oxygen atoms in total. The van der Waals surface area contributed by atoms with Gasteiger partial charge in [-0.25, -0.2) is 14.6 Å². The number of nitrogens with one attached hydrogen (secondary N) is 3. The Morgan fingerprint density at radius 1 is 1.06 bits per heavy atom. The van der Waals surface area contributed by atoms with Crippen molar-refractivity contribution in [3.05, 3.63) is 40.4 Å². The Hall–Kier alpha value is -4.22. The van der Waals surface area contributed by atoms with Crippen molar-refractivity contribution in [3.63, 3.8) is 0 Å². The SMILES string of the molecule is CO/N=C(/C(=O)NC(Cc1cccc(C(=O)OC(C)(C)C)c1OC)B1OC2CC3CC(C3(C)C)C2(C)O1)c1csc(NC(=O)CNC(=O)OC(C)(C)C)n1. The average Bonchev–Trinajstić information content (AvgIpc) is 3.67. The maximum Gasteiger partial charge on any atom is 0.482 e. The van der Waals surface area contributed by atoms with E-state index in [0.717, 1.165) is 24.2 Å². The lowest BCUT2D eigenvalue weighted by Gasteiger charge is -2.64. The molecule has 3 saturated carbocycles. The number of anilines is 1. The molecule has 3 N–H and O–H groups in total. The van der Waals surface area contributed by atoms with Crippen molar-refractivity contribution >= 4 is 53.2 Å². The number of para-hydroxylation sites is 1. The lowest BCUT2D eigenvalue weighted by Crippen LogP contribution is -2.65. The van der Waals surface area contributed by atoms with Crippen molar-refractivity contribution in [2.75, 3.05) is 26.1 Å². The van der Waals surface area contributed by atoms with Crippen molar-refractivity contribution in [1.82, 2.24) is 15.6 Å². The minimum Gasteiger partial charge on any atom is -0.496 e. The number of hydrogen-bond donors (Lipinski definition) is 3. The number of alkyl carbamates (subject to hydrolysis) is 1. The second kappa shape index (κ2) is 15.5. The first kappa shape index (κ1) is 41.0. The number of hydrogen-bond acceptors (Lipinski definition) is 13. The molecule has 0 spiro atoms. The lowest BCUT2D eigenvalue weighted by molar-refractivity contribution is -0.199. The molecule has 17 heteroatoms. The van der Waals surface area contributed by atoms with Crippen LogP contribution in [0.4, 0.5) is 9.93 Å². The first-order valence-electron chi connectivity index (χ1n) is 18.0. The van der Waals surface area contributed by atoms with Crippen LogP contribution in [0.5, 0.6) is 5.75 Å². The lowest BCUT2D eigenvalue weighted by atomic mass is 9.43. The minimum atomic E-state index is -0.861. The quantitative estimate of drug-likeness (QED) is 0.115. The van der Waals surface area contributed by atoms with E-state index in [2.05, 4.69) is 46.9 Å². The third-order valence-electron chi connectivity index (χ3n) is 10.2. The van der Waals surface area contributed by atoms with Gasteiger partial charge in [-0.1, -0.05) is 31.1 Å². The van der Waals surface area contributed by atoms with Crippen LogP contribution in [-0.2, 0) is 39.6 Å². The zero-order valence-corrected chi connectivity index (χ0v) is 33.7. The van der Waals surface area contributed by atoms with Gasteiger partial charge >= 0.3 is 19.2 Å². The maximum absolute atomic E-state index is 14.1. The van der Waals surface area contributed by atoms with Crippen LogP contribution in [0.2, 0.25) is 0 Å². The summed E-state index contributed by atoms with van der Waals surface area (Å²) in [6, 6.07) is 5.18. The summed E-state index contributed by atoms with van der Waals surface area (Å²) in [4.78, 5) is 61.4. The Morgan fingerprint density at radius 2 is 1.76 bits per heavy atom. The van der Waals surface area contributed by atoms with Crippen molar-refractivity contribution in [3.8, 4) is 5.75 Å². The number of esters is 1. The summed E-state index contributed by atoms with van der Waals surface area (Å²) in [6.07, 6.45) is 1.13. The Kier molecular flexibility index (Phi) is 11.8. The average molecular weight is 770 g/mol. The number of carbonyl (C=O) groups is 4. The summed E-state index contributed by atoms with van der Waals surface area (Å²) in [7, 11) is 1.92. The molecule has 5 unspecified atom stereocenters. The van der Waals surface area contributed by atoms with Crippen LogP contribution in [0.3, 0.4) is 0 Å². The van der Waals surface area contributed by atoms with E-state index in [0.29, 0.717) is 17.2 Å². The van der Waals surface area contributed by atoms with Crippen LogP contribution in [0.1, 0.15) is 96.8 Å². The number of oxime groups is 1. The summed E-state index contributed by atoms with van der Waals surface area (Å²) < 4.78 is 30.0. The highest BCUT2D eigenvalue weighted by Crippen LogP contribution is 2.65. The number of aromatic nitrogens is 1. The molecule has 5 atom stereocenters. The molecule has 4 aliphatic rings. The Balaban J connectivity index is 1.38. The highest BCUT2D eigenvalue weighted by Gasteiger charge is 2.68. The van der Waals surface area contributed by atoms with E-state index in [-0.39, 0.29) is 52.5 Å². The van der Waals surface area contributed by atoms with Gasteiger partial charge in [0, 0.05) is 5.38 Å². The van der Waals surface area contributed by atoms with Crippen LogP contribution < -0.4 is 20.7 Å². The number of nitrogens with zero attached hydrogens (tertiary/aromatic N) is 2. The van der Waals surface area contributed by atoms with E-state index < -0.39 is 53.7 Å². The van der Waals surface area contributed by atoms with Gasteiger partial charge in [0.2, 0.25) is 5.91 Å². The van der Waals surface area contributed by atoms with E-state index >= 15 is 0 Å². The van der Waals surface area contributed by atoms with Crippen LogP contribution in [-0.4, -0.2) is 91.3 Å². The van der Waals surface area contributed by atoms with E-state index in [1.165, 1.54) is 14.2 Å². The van der Waals surface area contributed by atoms with Crippen LogP contribution in [0.15, 0.2) is 28.7 Å². The monoisotopic (exact) mass is 769 g/mol. The molecule has 54 heavy (non-hydrogen) atoms. The number of methoxy groups -OCH3 is 1. The number of benzene rings is 1. The minimum absolute atomic E-state index is 0.0923. The summed E-state index contributed by atoms with van der Waals surface area (Å²) in [5, 5.41) is 13.7. The molecule has 2 aromatic rings. The Morgan fingerprint density at radius 3 is 2.39 bits per heavy atom. The molecule has 1 saturated heterocycles. The molecule has 294 valence electrons. The first-order valence-corrected chi connectivity index (χ1v) is 18.9. The summed E-state index contributed by atoms with van der Waals surface area (Å²) in [5.74, 6) is -1.44. The summed E-state index contributed by atoms with van der Waals surface area (Å²) in [5.41, 5.74) is -1.10. The van der Waals surface area contributed by atoms with Crippen molar-refractivity contribution in [1.29, 1.82) is 0 Å². The van der Waals surface area contributed by atoms with Gasteiger partial charge in [-0.3, -0.25) is 9.59 Å². The highest BCUT2D eigenvalue weighted by atomic mass is 32.1. The number of carbonyl (C=O) groups excluding carboxylic acids is 4. The molecule has 1 aliphatic heterocycles. The van der Waals surface area contributed by atoms with Crippen molar-refractivity contribution < 1.29 is 47.5 Å². The third kappa shape index (κ3) is 9.00. The van der Waals surface area contributed by atoms with E-state index in [9.17, 15) is 19.2 Å². The normalized spacial score (nSPS) is 23.6. The molecule has 3 amide bonds.